The molecule has 0 radical (unpaired) electrons. The topological polar surface area (TPSA) is 31.0 Å². The highest BCUT2D eigenvalue weighted by molar-refractivity contribution is 5.06. The Morgan fingerprint density at radius 1 is 1.45 bits per heavy atom. The molecule has 0 aliphatic carbocycles. The van der Waals surface area contributed by atoms with E-state index in [0.717, 1.165) is 12.8 Å². The Morgan fingerprint density at radius 3 is 3.00 bits per heavy atom. The molecule has 2 fully saturated rings. The number of hydrogen-bond donors (Lipinski definition) is 0. The van der Waals surface area contributed by atoms with Crippen molar-refractivity contribution in [1.82, 2.24) is 0 Å². The lowest BCUT2D eigenvalue weighted by Gasteiger charge is -2.30. The first-order chi connectivity index (χ1) is 5.41. The minimum Gasteiger partial charge on any atom is -0.467 e. The SMILES string of the molecule is C1=CO[C@@]2(CC1)OC[C@@H]1O[C@@H]12. The Hall–Kier alpha value is -0.540. The van der Waals surface area contributed by atoms with Crippen LogP contribution in [0.3, 0.4) is 0 Å². The van der Waals surface area contributed by atoms with E-state index in [9.17, 15) is 0 Å². The molecule has 1 spiro atoms. The highest BCUT2D eigenvalue weighted by Gasteiger charge is 2.63. The van der Waals surface area contributed by atoms with E-state index >= 15 is 0 Å². The monoisotopic (exact) mass is 154 g/mol. The second-order valence-corrected chi connectivity index (χ2v) is 3.25. The minimum absolute atomic E-state index is 0.215. The Balaban J connectivity index is 1.87. The van der Waals surface area contributed by atoms with Crippen molar-refractivity contribution in [2.24, 2.45) is 0 Å². The Labute approximate surface area is 64.9 Å². The fourth-order valence-electron chi connectivity index (χ4n) is 1.85. The summed E-state index contributed by atoms with van der Waals surface area (Å²) in [5, 5.41) is 0. The third-order valence-electron chi connectivity index (χ3n) is 2.53. The molecule has 0 amide bonds. The van der Waals surface area contributed by atoms with Gasteiger partial charge in [0.05, 0.1) is 12.9 Å². The maximum Gasteiger partial charge on any atom is 0.239 e. The predicted octanol–water partition coefficient (Wildman–Crippen LogP) is 0.804. The smallest absolute Gasteiger partial charge is 0.239 e. The molecule has 3 aliphatic rings. The molecule has 0 unspecified atom stereocenters. The summed E-state index contributed by atoms with van der Waals surface area (Å²) in [7, 11) is 0. The lowest BCUT2D eigenvalue weighted by molar-refractivity contribution is -0.218. The van der Waals surface area contributed by atoms with Gasteiger partial charge in [-0.2, -0.15) is 0 Å². The van der Waals surface area contributed by atoms with Gasteiger partial charge in [0.2, 0.25) is 5.79 Å². The van der Waals surface area contributed by atoms with Gasteiger partial charge in [-0.15, -0.1) is 0 Å². The molecule has 0 aromatic rings. The summed E-state index contributed by atoms with van der Waals surface area (Å²) < 4.78 is 16.4. The van der Waals surface area contributed by atoms with E-state index in [0.29, 0.717) is 12.7 Å². The predicted molar refractivity (Wildman–Crippen MR) is 36.8 cm³/mol. The Morgan fingerprint density at radius 2 is 2.45 bits per heavy atom. The number of hydrogen-bond acceptors (Lipinski definition) is 3. The minimum atomic E-state index is -0.403. The van der Waals surface area contributed by atoms with E-state index in [1.807, 2.05) is 6.08 Å². The average Bonchev–Trinajstić information content (AvgIpc) is 2.77. The van der Waals surface area contributed by atoms with E-state index in [4.69, 9.17) is 14.2 Å². The second kappa shape index (κ2) is 1.79. The summed E-state index contributed by atoms with van der Waals surface area (Å²) in [4.78, 5) is 0. The standard InChI is InChI=1S/C8H10O3/c1-2-4-9-8(3-1)7-6(11-7)5-10-8/h2,4,6-7H,1,3,5H2/t6-,7-,8-/m0/s1. The molecule has 0 aromatic carbocycles. The van der Waals surface area contributed by atoms with Crippen molar-refractivity contribution < 1.29 is 14.2 Å². The summed E-state index contributed by atoms with van der Waals surface area (Å²) in [5.41, 5.74) is 0. The molecule has 11 heavy (non-hydrogen) atoms. The largest absolute Gasteiger partial charge is 0.467 e. The molecule has 2 saturated heterocycles. The van der Waals surface area contributed by atoms with Crippen molar-refractivity contribution in [2.45, 2.75) is 30.8 Å². The van der Waals surface area contributed by atoms with Gasteiger partial charge in [-0.05, 0) is 12.5 Å². The van der Waals surface area contributed by atoms with Gasteiger partial charge in [0.1, 0.15) is 6.10 Å². The van der Waals surface area contributed by atoms with Crippen LogP contribution in [0.2, 0.25) is 0 Å². The first-order valence-corrected chi connectivity index (χ1v) is 4.03. The zero-order valence-electron chi connectivity index (χ0n) is 6.16. The van der Waals surface area contributed by atoms with Crippen LogP contribution in [-0.2, 0) is 14.2 Å². The van der Waals surface area contributed by atoms with Gasteiger partial charge in [0, 0.05) is 6.42 Å². The molecular weight excluding hydrogens is 144 g/mol. The molecule has 0 N–H and O–H groups in total. The zero-order chi connectivity index (χ0) is 7.31. The van der Waals surface area contributed by atoms with Crippen molar-refractivity contribution in [1.29, 1.82) is 0 Å². The Kier molecular flexibility index (Phi) is 0.980. The molecule has 3 nitrogen and oxygen atoms in total. The van der Waals surface area contributed by atoms with Crippen LogP contribution in [0, 0.1) is 0 Å². The maximum atomic E-state index is 5.54. The molecule has 0 bridgehead atoms. The number of allylic oxidation sites excluding steroid dienone is 1. The molecule has 3 heterocycles. The van der Waals surface area contributed by atoms with Gasteiger partial charge in [-0.3, -0.25) is 0 Å². The van der Waals surface area contributed by atoms with Crippen molar-refractivity contribution >= 4 is 0 Å². The van der Waals surface area contributed by atoms with Crippen molar-refractivity contribution in [3.05, 3.63) is 12.3 Å². The highest BCUT2D eigenvalue weighted by Crippen LogP contribution is 2.46. The first kappa shape index (κ1) is 6.03. The van der Waals surface area contributed by atoms with Crippen LogP contribution in [0.5, 0.6) is 0 Å². The third-order valence-corrected chi connectivity index (χ3v) is 2.53. The van der Waals surface area contributed by atoms with Crippen molar-refractivity contribution in [3.8, 4) is 0 Å². The van der Waals surface area contributed by atoms with E-state index in [1.54, 1.807) is 6.26 Å². The van der Waals surface area contributed by atoms with Gasteiger partial charge in [-0.1, -0.05) is 0 Å². The third kappa shape index (κ3) is 0.698. The molecule has 3 heteroatoms. The van der Waals surface area contributed by atoms with Crippen molar-refractivity contribution in [2.75, 3.05) is 6.61 Å². The van der Waals surface area contributed by atoms with Crippen LogP contribution in [0.4, 0.5) is 0 Å². The number of epoxide rings is 1. The van der Waals surface area contributed by atoms with Crippen LogP contribution in [0.15, 0.2) is 12.3 Å². The quantitative estimate of drug-likeness (QED) is 0.484. The molecule has 3 rings (SSSR count). The van der Waals surface area contributed by atoms with E-state index < -0.39 is 5.79 Å². The number of rotatable bonds is 0. The number of ether oxygens (including phenoxy) is 3. The van der Waals surface area contributed by atoms with Crippen molar-refractivity contribution in [3.63, 3.8) is 0 Å². The van der Waals surface area contributed by atoms with Crippen LogP contribution < -0.4 is 0 Å². The zero-order valence-corrected chi connectivity index (χ0v) is 6.16. The number of fused-ring (bicyclic) bond motifs is 2. The van der Waals surface area contributed by atoms with Crippen LogP contribution in [0.25, 0.3) is 0 Å². The Bertz CT molecular complexity index is 213. The summed E-state index contributed by atoms with van der Waals surface area (Å²) in [6.45, 7) is 0.707. The molecule has 60 valence electrons. The molecule has 3 atom stereocenters. The average molecular weight is 154 g/mol. The van der Waals surface area contributed by atoms with Crippen LogP contribution in [-0.4, -0.2) is 24.6 Å². The summed E-state index contributed by atoms with van der Waals surface area (Å²) in [6.07, 6.45) is 6.25. The molecule has 0 saturated carbocycles. The first-order valence-electron chi connectivity index (χ1n) is 4.03. The van der Waals surface area contributed by atoms with Crippen LogP contribution in [0.1, 0.15) is 12.8 Å². The second-order valence-electron chi connectivity index (χ2n) is 3.25. The highest BCUT2D eigenvalue weighted by atomic mass is 16.8. The fraction of sp³-hybridized carbons (Fsp3) is 0.750. The van der Waals surface area contributed by atoms with Crippen LogP contribution >= 0.6 is 0 Å². The summed E-state index contributed by atoms with van der Waals surface area (Å²) >= 11 is 0. The van der Waals surface area contributed by atoms with E-state index in [1.165, 1.54) is 0 Å². The summed E-state index contributed by atoms with van der Waals surface area (Å²) in [5.74, 6) is -0.403. The molecular formula is C8H10O3. The van der Waals surface area contributed by atoms with Gasteiger partial charge in [0.15, 0.2) is 6.10 Å². The summed E-state index contributed by atoms with van der Waals surface area (Å²) in [6, 6.07) is 0. The fourth-order valence-corrected chi connectivity index (χ4v) is 1.85. The van der Waals surface area contributed by atoms with Gasteiger partial charge < -0.3 is 14.2 Å². The van der Waals surface area contributed by atoms with Gasteiger partial charge >= 0.3 is 0 Å². The lowest BCUT2D eigenvalue weighted by Crippen LogP contribution is -2.38. The van der Waals surface area contributed by atoms with E-state index in [-0.39, 0.29) is 6.10 Å². The maximum absolute atomic E-state index is 5.54. The molecule has 0 aromatic heterocycles. The molecule has 3 aliphatic heterocycles. The van der Waals surface area contributed by atoms with Gasteiger partial charge in [-0.25, -0.2) is 0 Å². The van der Waals surface area contributed by atoms with E-state index in [2.05, 4.69) is 0 Å². The normalized spacial score (nSPS) is 52.4. The lowest BCUT2D eigenvalue weighted by atomic mass is 10.1. The van der Waals surface area contributed by atoms with Gasteiger partial charge in [0.25, 0.3) is 0 Å².